The third-order valence-corrected chi connectivity index (χ3v) is 2.84. The molecule has 0 unspecified atom stereocenters. The number of benzene rings is 2. The van der Waals surface area contributed by atoms with Gasteiger partial charge in [-0.1, -0.05) is 63.9 Å². The SMILES string of the molecule is ClC(=Nc1cccc(Br)c1)c1ccccc1. The Labute approximate surface area is 108 Å². The molecule has 2 aromatic carbocycles. The van der Waals surface area contributed by atoms with Gasteiger partial charge in [0.25, 0.3) is 0 Å². The van der Waals surface area contributed by atoms with Crippen LogP contribution in [-0.4, -0.2) is 5.17 Å². The summed E-state index contributed by atoms with van der Waals surface area (Å²) in [6.07, 6.45) is 0. The minimum Gasteiger partial charge on any atom is -0.236 e. The van der Waals surface area contributed by atoms with Crippen molar-refractivity contribution in [2.24, 2.45) is 4.99 Å². The summed E-state index contributed by atoms with van der Waals surface area (Å²) in [5.74, 6) is 0. The van der Waals surface area contributed by atoms with Gasteiger partial charge in [-0.05, 0) is 18.2 Å². The predicted molar refractivity (Wildman–Crippen MR) is 72.6 cm³/mol. The number of aliphatic imine (C=N–C) groups is 1. The highest BCUT2D eigenvalue weighted by Crippen LogP contribution is 2.20. The van der Waals surface area contributed by atoms with Gasteiger partial charge in [0.2, 0.25) is 0 Å². The third-order valence-electron chi connectivity index (χ3n) is 2.05. The maximum absolute atomic E-state index is 6.13. The zero-order valence-electron chi connectivity index (χ0n) is 8.40. The van der Waals surface area contributed by atoms with E-state index in [1.54, 1.807) is 0 Å². The van der Waals surface area contributed by atoms with Crippen LogP contribution in [0.15, 0.2) is 64.1 Å². The van der Waals surface area contributed by atoms with Crippen molar-refractivity contribution < 1.29 is 0 Å². The summed E-state index contributed by atoms with van der Waals surface area (Å²) in [4.78, 5) is 4.34. The van der Waals surface area contributed by atoms with Gasteiger partial charge >= 0.3 is 0 Å². The molecule has 0 aliphatic heterocycles. The van der Waals surface area contributed by atoms with Crippen LogP contribution in [0.1, 0.15) is 5.56 Å². The molecule has 0 heterocycles. The van der Waals surface area contributed by atoms with Crippen LogP contribution in [0.5, 0.6) is 0 Å². The molecule has 0 aliphatic carbocycles. The van der Waals surface area contributed by atoms with E-state index in [-0.39, 0.29) is 0 Å². The lowest BCUT2D eigenvalue weighted by Crippen LogP contribution is -1.88. The summed E-state index contributed by atoms with van der Waals surface area (Å²) in [6, 6.07) is 17.4. The first kappa shape index (κ1) is 11.4. The summed E-state index contributed by atoms with van der Waals surface area (Å²) in [5.41, 5.74) is 1.76. The maximum atomic E-state index is 6.13. The second-order valence-electron chi connectivity index (χ2n) is 3.25. The summed E-state index contributed by atoms with van der Waals surface area (Å²) in [6.45, 7) is 0. The molecule has 0 amide bonds. The van der Waals surface area contributed by atoms with Crippen molar-refractivity contribution >= 4 is 38.4 Å². The number of hydrogen-bond acceptors (Lipinski definition) is 1. The zero-order chi connectivity index (χ0) is 11.4. The summed E-state index contributed by atoms with van der Waals surface area (Å²) in [7, 11) is 0. The Kier molecular flexibility index (Phi) is 3.75. The molecule has 16 heavy (non-hydrogen) atoms. The van der Waals surface area contributed by atoms with Gasteiger partial charge in [0.1, 0.15) is 5.17 Å². The van der Waals surface area contributed by atoms with E-state index in [1.807, 2.05) is 54.6 Å². The molecule has 1 nitrogen and oxygen atoms in total. The molecule has 3 heteroatoms. The molecule has 0 bridgehead atoms. The molecule has 0 aliphatic rings. The zero-order valence-corrected chi connectivity index (χ0v) is 10.7. The van der Waals surface area contributed by atoms with Gasteiger partial charge in [-0.3, -0.25) is 0 Å². The molecule has 0 radical (unpaired) electrons. The van der Waals surface area contributed by atoms with Crippen LogP contribution in [0, 0.1) is 0 Å². The average molecular weight is 295 g/mol. The molecule has 0 N–H and O–H groups in total. The average Bonchev–Trinajstić information content (AvgIpc) is 2.30. The summed E-state index contributed by atoms with van der Waals surface area (Å²) >= 11 is 9.52. The van der Waals surface area contributed by atoms with Crippen LogP contribution in [0.3, 0.4) is 0 Å². The van der Waals surface area contributed by atoms with Crippen LogP contribution in [0.4, 0.5) is 5.69 Å². The van der Waals surface area contributed by atoms with Gasteiger partial charge in [-0.15, -0.1) is 0 Å². The van der Waals surface area contributed by atoms with Gasteiger partial charge in [0, 0.05) is 10.0 Å². The highest BCUT2D eigenvalue weighted by Gasteiger charge is 1.99. The van der Waals surface area contributed by atoms with Crippen LogP contribution in [0.25, 0.3) is 0 Å². The maximum Gasteiger partial charge on any atom is 0.136 e. The molecular formula is C13H9BrClN. The third kappa shape index (κ3) is 2.94. The van der Waals surface area contributed by atoms with Crippen molar-refractivity contribution in [3.63, 3.8) is 0 Å². The summed E-state index contributed by atoms with van der Waals surface area (Å²) < 4.78 is 0.992. The first-order valence-corrected chi connectivity index (χ1v) is 5.98. The molecule has 0 aromatic heterocycles. The van der Waals surface area contributed by atoms with Gasteiger partial charge in [0.15, 0.2) is 0 Å². The van der Waals surface area contributed by atoms with Gasteiger partial charge < -0.3 is 0 Å². The first-order chi connectivity index (χ1) is 7.75. The normalized spacial score (nSPS) is 11.5. The number of hydrogen-bond donors (Lipinski definition) is 0. The van der Waals surface area contributed by atoms with Gasteiger partial charge in [-0.25, -0.2) is 4.99 Å². The van der Waals surface area contributed by atoms with E-state index in [9.17, 15) is 0 Å². The van der Waals surface area contributed by atoms with Crippen molar-refractivity contribution in [1.29, 1.82) is 0 Å². The van der Waals surface area contributed by atoms with E-state index in [0.29, 0.717) is 5.17 Å². The minimum absolute atomic E-state index is 0.499. The Morgan fingerprint density at radius 3 is 2.44 bits per heavy atom. The van der Waals surface area contributed by atoms with E-state index < -0.39 is 0 Å². The van der Waals surface area contributed by atoms with E-state index in [4.69, 9.17) is 11.6 Å². The number of rotatable bonds is 2. The molecule has 80 valence electrons. The smallest absolute Gasteiger partial charge is 0.136 e. The van der Waals surface area contributed by atoms with E-state index in [0.717, 1.165) is 15.7 Å². The van der Waals surface area contributed by atoms with Gasteiger partial charge in [-0.2, -0.15) is 0 Å². The second-order valence-corrected chi connectivity index (χ2v) is 4.52. The lowest BCUT2D eigenvalue weighted by Gasteiger charge is -1.99. The fraction of sp³-hybridized carbons (Fsp3) is 0. The van der Waals surface area contributed by atoms with Crippen molar-refractivity contribution in [3.8, 4) is 0 Å². The van der Waals surface area contributed by atoms with E-state index in [2.05, 4.69) is 20.9 Å². The molecular weight excluding hydrogens is 286 g/mol. The number of halogens is 2. The Morgan fingerprint density at radius 1 is 1.00 bits per heavy atom. The molecule has 0 spiro atoms. The quantitative estimate of drug-likeness (QED) is 0.708. The second kappa shape index (κ2) is 5.28. The Hall–Kier alpha value is -1.12. The fourth-order valence-corrected chi connectivity index (χ4v) is 1.91. The lowest BCUT2D eigenvalue weighted by molar-refractivity contribution is 1.50. The van der Waals surface area contributed by atoms with Crippen molar-refractivity contribution in [2.75, 3.05) is 0 Å². The Bertz CT molecular complexity index is 508. The van der Waals surface area contributed by atoms with Crippen molar-refractivity contribution in [2.45, 2.75) is 0 Å². The highest BCUT2D eigenvalue weighted by molar-refractivity contribution is 9.10. The van der Waals surface area contributed by atoms with Crippen molar-refractivity contribution in [3.05, 3.63) is 64.6 Å². The molecule has 2 rings (SSSR count). The molecule has 0 atom stereocenters. The Balaban J connectivity index is 2.32. The van der Waals surface area contributed by atoms with Crippen molar-refractivity contribution in [1.82, 2.24) is 0 Å². The number of nitrogens with zero attached hydrogens (tertiary/aromatic N) is 1. The van der Waals surface area contributed by atoms with Crippen LogP contribution >= 0.6 is 27.5 Å². The molecule has 2 aromatic rings. The van der Waals surface area contributed by atoms with E-state index in [1.165, 1.54) is 0 Å². The topological polar surface area (TPSA) is 12.4 Å². The van der Waals surface area contributed by atoms with E-state index >= 15 is 0 Å². The predicted octanol–water partition coefficient (Wildman–Crippen LogP) is 4.77. The molecule has 0 saturated heterocycles. The largest absolute Gasteiger partial charge is 0.236 e. The van der Waals surface area contributed by atoms with Crippen LogP contribution in [0.2, 0.25) is 0 Å². The van der Waals surface area contributed by atoms with Crippen LogP contribution < -0.4 is 0 Å². The van der Waals surface area contributed by atoms with Gasteiger partial charge in [0.05, 0.1) is 5.69 Å². The molecule has 0 fully saturated rings. The fourth-order valence-electron chi connectivity index (χ4n) is 1.30. The first-order valence-electron chi connectivity index (χ1n) is 4.81. The van der Waals surface area contributed by atoms with Crippen LogP contribution in [-0.2, 0) is 0 Å². The summed E-state index contributed by atoms with van der Waals surface area (Å²) in [5, 5.41) is 0.499. The standard InChI is InChI=1S/C13H9BrClN/c14-11-7-4-8-12(9-11)16-13(15)10-5-2-1-3-6-10/h1-9H. The lowest BCUT2D eigenvalue weighted by atomic mass is 10.2. The minimum atomic E-state index is 0.499. The molecule has 0 saturated carbocycles. The highest BCUT2D eigenvalue weighted by atomic mass is 79.9. The Morgan fingerprint density at radius 2 is 1.75 bits per heavy atom. The monoisotopic (exact) mass is 293 g/mol.